The zero-order chi connectivity index (χ0) is 10.7. The third kappa shape index (κ3) is 2.31. The molecule has 0 aliphatic heterocycles. The number of hydrogen-bond donors (Lipinski definition) is 0. The van der Waals surface area contributed by atoms with Crippen LogP contribution in [0.15, 0.2) is 48.9 Å². The molecular formula is C12H13N3. The molecule has 2 aromatic heterocycles. The van der Waals surface area contributed by atoms with Gasteiger partial charge in [-0.2, -0.15) is 5.10 Å². The molecule has 2 heterocycles. The van der Waals surface area contributed by atoms with E-state index in [1.165, 1.54) is 5.56 Å². The van der Waals surface area contributed by atoms with Gasteiger partial charge >= 0.3 is 0 Å². The van der Waals surface area contributed by atoms with E-state index >= 15 is 0 Å². The van der Waals surface area contributed by atoms with Gasteiger partial charge in [-0.25, -0.2) is 9.67 Å². The monoisotopic (exact) mass is 199 g/mol. The largest absolute Gasteiger partial charge is 0.237 e. The van der Waals surface area contributed by atoms with Crippen molar-refractivity contribution in [1.82, 2.24) is 14.8 Å². The Morgan fingerprint density at radius 3 is 2.87 bits per heavy atom. The first-order valence-corrected chi connectivity index (χ1v) is 4.85. The van der Waals surface area contributed by atoms with E-state index in [1.807, 2.05) is 31.5 Å². The molecule has 0 fully saturated rings. The average Bonchev–Trinajstić information content (AvgIpc) is 2.71. The molecule has 0 radical (unpaired) electrons. The van der Waals surface area contributed by atoms with Crippen LogP contribution < -0.4 is 0 Å². The van der Waals surface area contributed by atoms with Crippen LogP contribution in [0.4, 0.5) is 0 Å². The molecule has 0 saturated heterocycles. The van der Waals surface area contributed by atoms with Crippen molar-refractivity contribution in [2.24, 2.45) is 0 Å². The summed E-state index contributed by atoms with van der Waals surface area (Å²) in [5, 5.41) is 4.11. The van der Waals surface area contributed by atoms with E-state index in [1.54, 1.807) is 10.9 Å². The van der Waals surface area contributed by atoms with Gasteiger partial charge in [0.25, 0.3) is 0 Å². The molecule has 3 heteroatoms. The fourth-order valence-corrected chi connectivity index (χ4v) is 1.41. The molecule has 0 atom stereocenters. The second-order valence-electron chi connectivity index (χ2n) is 3.61. The molecule has 0 spiro atoms. The third-order valence-electron chi connectivity index (χ3n) is 2.05. The van der Waals surface area contributed by atoms with Gasteiger partial charge in [-0.15, -0.1) is 0 Å². The van der Waals surface area contributed by atoms with E-state index in [0.29, 0.717) is 0 Å². The normalized spacial score (nSPS) is 10.2. The highest BCUT2D eigenvalue weighted by Crippen LogP contribution is 2.07. The van der Waals surface area contributed by atoms with Crippen LogP contribution in [-0.2, 0) is 6.42 Å². The first-order valence-electron chi connectivity index (χ1n) is 4.85. The minimum atomic E-state index is 0.838. The molecule has 0 amide bonds. The Labute approximate surface area is 89.1 Å². The summed E-state index contributed by atoms with van der Waals surface area (Å²) >= 11 is 0. The summed E-state index contributed by atoms with van der Waals surface area (Å²) in [6.45, 7) is 5.89. The van der Waals surface area contributed by atoms with Crippen molar-refractivity contribution in [2.45, 2.75) is 13.3 Å². The summed E-state index contributed by atoms with van der Waals surface area (Å²) < 4.78 is 1.74. The zero-order valence-corrected chi connectivity index (χ0v) is 8.72. The molecule has 3 nitrogen and oxygen atoms in total. The minimum absolute atomic E-state index is 0.838. The Morgan fingerprint density at radius 2 is 2.33 bits per heavy atom. The lowest BCUT2D eigenvalue weighted by Gasteiger charge is -2.02. The number of aromatic nitrogens is 3. The average molecular weight is 199 g/mol. The van der Waals surface area contributed by atoms with Crippen molar-refractivity contribution < 1.29 is 0 Å². The van der Waals surface area contributed by atoms with Crippen molar-refractivity contribution in [3.05, 3.63) is 54.5 Å². The first kappa shape index (κ1) is 9.65. The molecule has 0 aliphatic carbocycles. The smallest absolute Gasteiger partial charge is 0.153 e. The molecule has 0 saturated carbocycles. The van der Waals surface area contributed by atoms with E-state index in [9.17, 15) is 0 Å². The van der Waals surface area contributed by atoms with Crippen molar-refractivity contribution in [3.8, 4) is 5.82 Å². The predicted octanol–water partition coefficient (Wildman–Crippen LogP) is 2.39. The topological polar surface area (TPSA) is 30.7 Å². The Balaban J connectivity index is 2.21. The number of allylic oxidation sites excluding steroid dienone is 1. The zero-order valence-electron chi connectivity index (χ0n) is 8.72. The van der Waals surface area contributed by atoms with Crippen LogP contribution in [0.2, 0.25) is 0 Å². The molecule has 0 bridgehead atoms. The van der Waals surface area contributed by atoms with Gasteiger partial charge in [0.2, 0.25) is 0 Å². The van der Waals surface area contributed by atoms with Gasteiger partial charge < -0.3 is 0 Å². The van der Waals surface area contributed by atoms with Gasteiger partial charge in [0.15, 0.2) is 5.82 Å². The van der Waals surface area contributed by atoms with E-state index in [2.05, 4.69) is 22.7 Å². The van der Waals surface area contributed by atoms with Crippen LogP contribution in [0.25, 0.3) is 5.82 Å². The summed E-state index contributed by atoms with van der Waals surface area (Å²) in [6.07, 6.45) is 6.36. The van der Waals surface area contributed by atoms with E-state index in [0.717, 1.165) is 17.8 Å². The second-order valence-corrected chi connectivity index (χ2v) is 3.61. The lowest BCUT2D eigenvalue weighted by atomic mass is 10.1. The maximum absolute atomic E-state index is 4.33. The van der Waals surface area contributed by atoms with Crippen LogP contribution in [-0.4, -0.2) is 14.8 Å². The second kappa shape index (κ2) is 4.09. The molecule has 76 valence electrons. The molecule has 15 heavy (non-hydrogen) atoms. The van der Waals surface area contributed by atoms with Crippen LogP contribution in [0.1, 0.15) is 12.5 Å². The third-order valence-corrected chi connectivity index (χ3v) is 2.05. The maximum atomic E-state index is 4.33. The van der Waals surface area contributed by atoms with E-state index in [-0.39, 0.29) is 0 Å². The van der Waals surface area contributed by atoms with Crippen LogP contribution >= 0.6 is 0 Å². The summed E-state index contributed by atoms with van der Waals surface area (Å²) in [5.74, 6) is 0.838. The van der Waals surface area contributed by atoms with Gasteiger partial charge in [-0.05, 0) is 31.0 Å². The molecule has 0 aliphatic rings. The van der Waals surface area contributed by atoms with Gasteiger partial charge in [0, 0.05) is 18.6 Å². The van der Waals surface area contributed by atoms with Gasteiger partial charge in [0.1, 0.15) is 0 Å². The van der Waals surface area contributed by atoms with Crippen LogP contribution in [0, 0.1) is 0 Å². The number of hydrogen-bond acceptors (Lipinski definition) is 2. The fraction of sp³-hybridized carbons (Fsp3) is 0.167. The summed E-state index contributed by atoms with van der Waals surface area (Å²) in [5.41, 5.74) is 2.32. The van der Waals surface area contributed by atoms with Gasteiger partial charge in [0.05, 0.1) is 0 Å². The summed E-state index contributed by atoms with van der Waals surface area (Å²) in [6, 6.07) is 5.90. The van der Waals surface area contributed by atoms with Gasteiger partial charge in [-0.3, -0.25) is 0 Å². The van der Waals surface area contributed by atoms with Crippen LogP contribution in [0.5, 0.6) is 0 Å². The minimum Gasteiger partial charge on any atom is -0.237 e. The van der Waals surface area contributed by atoms with Crippen molar-refractivity contribution in [1.29, 1.82) is 0 Å². The molecule has 0 N–H and O–H groups in total. The van der Waals surface area contributed by atoms with E-state index in [4.69, 9.17) is 0 Å². The highest BCUT2D eigenvalue weighted by molar-refractivity contribution is 5.26. The number of nitrogens with zero attached hydrogens (tertiary/aromatic N) is 3. The SMILES string of the molecule is C=C(C)Cc1ccc(-n2cccn2)nc1. The Hall–Kier alpha value is -1.90. The molecule has 0 unspecified atom stereocenters. The summed E-state index contributed by atoms with van der Waals surface area (Å²) in [7, 11) is 0. The fourth-order valence-electron chi connectivity index (χ4n) is 1.41. The molecular weight excluding hydrogens is 186 g/mol. The van der Waals surface area contributed by atoms with Gasteiger partial charge in [-0.1, -0.05) is 18.2 Å². The highest BCUT2D eigenvalue weighted by Gasteiger charge is 1.98. The van der Waals surface area contributed by atoms with Crippen molar-refractivity contribution >= 4 is 0 Å². The summed E-state index contributed by atoms with van der Waals surface area (Å²) in [4.78, 5) is 4.33. The lowest BCUT2D eigenvalue weighted by Crippen LogP contribution is -1.98. The quantitative estimate of drug-likeness (QED) is 0.710. The molecule has 0 aromatic carbocycles. The Kier molecular flexibility index (Phi) is 2.63. The van der Waals surface area contributed by atoms with Crippen LogP contribution in [0.3, 0.4) is 0 Å². The van der Waals surface area contributed by atoms with Crippen molar-refractivity contribution in [3.63, 3.8) is 0 Å². The molecule has 2 rings (SSSR count). The standard InChI is InChI=1S/C12H13N3/c1-10(2)8-11-4-5-12(13-9-11)15-7-3-6-14-15/h3-7,9H,1,8H2,2H3. The highest BCUT2D eigenvalue weighted by atomic mass is 15.3. The maximum Gasteiger partial charge on any atom is 0.153 e. The number of rotatable bonds is 3. The first-order chi connectivity index (χ1) is 7.25. The molecule has 2 aromatic rings. The predicted molar refractivity (Wildman–Crippen MR) is 59.9 cm³/mol. The lowest BCUT2D eigenvalue weighted by molar-refractivity contribution is 0.844. The Morgan fingerprint density at radius 1 is 1.47 bits per heavy atom. The Bertz CT molecular complexity index is 440. The number of pyridine rings is 1. The van der Waals surface area contributed by atoms with Crippen molar-refractivity contribution in [2.75, 3.05) is 0 Å². The van der Waals surface area contributed by atoms with E-state index < -0.39 is 0 Å².